The topological polar surface area (TPSA) is 90.0 Å². The Labute approximate surface area is 144 Å². The van der Waals surface area contributed by atoms with E-state index in [4.69, 9.17) is 0 Å². The van der Waals surface area contributed by atoms with Gasteiger partial charge in [-0.25, -0.2) is 13.1 Å². The van der Waals surface area contributed by atoms with Gasteiger partial charge < -0.3 is 9.80 Å². The highest BCUT2D eigenvalue weighted by atomic mass is 32.2. The number of nitrogens with zero attached hydrogens (tertiary/aromatic N) is 3. The summed E-state index contributed by atoms with van der Waals surface area (Å²) in [5, 5.41) is -0.456. The highest BCUT2D eigenvalue weighted by Gasteiger charge is 2.37. The van der Waals surface area contributed by atoms with Gasteiger partial charge in [0.05, 0.1) is 11.3 Å². The van der Waals surface area contributed by atoms with Gasteiger partial charge in [-0.1, -0.05) is 6.92 Å². The second kappa shape index (κ2) is 7.79. The van der Waals surface area contributed by atoms with Gasteiger partial charge in [0, 0.05) is 52.7 Å². The van der Waals surface area contributed by atoms with Crippen LogP contribution in [0, 0.1) is 0 Å². The molecule has 0 spiro atoms. The third-order valence-corrected chi connectivity index (χ3v) is 6.86. The summed E-state index contributed by atoms with van der Waals surface area (Å²) in [5.41, 5.74) is 0. The highest BCUT2D eigenvalue weighted by molar-refractivity contribution is 7.90. The van der Waals surface area contributed by atoms with E-state index < -0.39 is 15.3 Å². The number of likely N-dealkylation sites (tertiary alicyclic amines) is 1. The second-order valence-electron chi connectivity index (χ2n) is 6.46. The summed E-state index contributed by atoms with van der Waals surface area (Å²) in [6.45, 7) is 8.70. The molecule has 2 aliphatic rings. The molecule has 0 aromatic heterocycles. The molecule has 24 heavy (non-hydrogen) atoms. The molecule has 2 fully saturated rings. The number of hydrogen-bond donors (Lipinski definition) is 1. The first-order valence-electron chi connectivity index (χ1n) is 8.53. The standard InChI is InChI=1S/C15H28N4O4S/c1-4-16-24(22,23)14-5-6-19(11-14)12(2)15(21)18-9-7-17(8-10-18)13(3)20/h12,14,16H,4-11H2,1-3H3. The number of nitrogens with one attached hydrogen (secondary N) is 1. The van der Waals surface area contributed by atoms with Crippen molar-refractivity contribution in [2.24, 2.45) is 0 Å². The largest absolute Gasteiger partial charge is 0.339 e. The minimum atomic E-state index is -3.30. The van der Waals surface area contributed by atoms with Crippen molar-refractivity contribution >= 4 is 21.8 Å². The number of amides is 2. The summed E-state index contributed by atoms with van der Waals surface area (Å²) < 4.78 is 26.7. The maximum atomic E-state index is 12.7. The number of hydrogen-bond acceptors (Lipinski definition) is 5. The predicted octanol–water partition coefficient (Wildman–Crippen LogP) is -0.921. The monoisotopic (exact) mass is 360 g/mol. The van der Waals surface area contributed by atoms with Gasteiger partial charge in [0.15, 0.2) is 0 Å². The molecule has 0 saturated carbocycles. The molecule has 2 rings (SSSR count). The molecule has 0 aromatic carbocycles. The van der Waals surface area contributed by atoms with E-state index in [1.807, 2.05) is 11.8 Å². The lowest BCUT2D eigenvalue weighted by Crippen LogP contribution is -2.54. The SMILES string of the molecule is CCNS(=O)(=O)C1CCN(C(C)C(=O)N2CCN(C(C)=O)CC2)C1. The van der Waals surface area contributed by atoms with Crippen LogP contribution < -0.4 is 4.72 Å². The highest BCUT2D eigenvalue weighted by Crippen LogP contribution is 2.20. The Morgan fingerprint density at radius 3 is 2.25 bits per heavy atom. The van der Waals surface area contributed by atoms with E-state index in [1.54, 1.807) is 16.7 Å². The molecular formula is C15H28N4O4S. The average molecular weight is 360 g/mol. The number of rotatable bonds is 5. The molecule has 2 unspecified atom stereocenters. The summed E-state index contributed by atoms with van der Waals surface area (Å²) in [5.74, 6) is 0.0471. The Kier molecular flexibility index (Phi) is 6.22. The van der Waals surface area contributed by atoms with E-state index in [9.17, 15) is 18.0 Å². The van der Waals surface area contributed by atoms with Crippen molar-refractivity contribution in [1.82, 2.24) is 19.4 Å². The van der Waals surface area contributed by atoms with Crippen LogP contribution in [0.2, 0.25) is 0 Å². The molecule has 8 nitrogen and oxygen atoms in total. The van der Waals surface area contributed by atoms with Crippen molar-refractivity contribution in [3.63, 3.8) is 0 Å². The van der Waals surface area contributed by atoms with E-state index in [0.29, 0.717) is 52.2 Å². The maximum absolute atomic E-state index is 12.7. The third-order valence-electron chi connectivity index (χ3n) is 4.90. The van der Waals surface area contributed by atoms with Crippen LogP contribution in [0.5, 0.6) is 0 Å². The van der Waals surface area contributed by atoms with E-state index in [-0.39, 0.29) is 17.9 Å². The summed E-state index contributed by atoms with van der Waals surface area (Å²) in [6.07, 6.45) is 0.547. The Hall–Kier alpha value is -1.19. The van der Waals surface area contributed by atoms with Crippen molar-refractivity contribution in [3.8, 4) is 0 Å². The molecule has 2 atom stereocenters. The van der Waals surface area contributed by atoms with Crippen LogP contribution in [0.4, 0.5) is 0 Å². The Morgan fingerprint density at radius 1 is 1.12 bits per heavy atom. The lowest BCUT2D eigenvalue weighted by atomic mass is 10.2. The van der Waals surface area contributed by atoms with Crippen LogP contribution >= 0.6 is 0 Å². The summed E-state index contributed by atoms with van der Waals surface area (Å²) >= 11 is 0. The van der Waals surface area contributed by atoms with Gasteiger partial charge in [-0.05, 0) is 13.3 Å². The molecule has 2 saturated heterocycles. The fourth-order valence-corrected chi connectivity index (χ4v) is 4.78. The van der Waals surface area contributed by atoms with Crippen molar-refractivity contribution in [1.29, 1.82) is 0 Å². The Morgan fingerprint density at radius 2 is 1.71 bits per heavy atom. The first-order chi connectivity index (χ1) is 11.3. The van der Waals surface area contributed by atoms with E-state index in [0.717, 1.165) is 0 Å². The molecule has 2 amide bonds. The van der Waals surface area contributed by atoms with Crippen LogP contribution in [-0.2, 0) is 19.6 Å². The molecule has 0 aliphatic carbocycles. The smallest absolute Gasteiger partial charge is 0.239 e. The fraction of sp³-hybridized carbons (Fsp3) is 0.867. The van der Waals surface area contributed by atoms with Crippen molar-refractivity contribution in [2.75, 3.05) is 45.8 Å². The summed E-state index contributed by atoms with van der Waals surface area (Å²) in [6, 6.07) is -0.337. The van der Waals surface area contributed by atoms with Gasteiger partial charge in [-0.15, -0.1) is 0 Å². The first kappa shape index (κ1) is 19.1. The lowest BCUT2D eigenvalue weighted by Gasteiger charge is -2.37. The minimum Gasteiger partial charge on any atom is -0.339 e. The van der Waals surface area contributed by atoms with Crippen LogP contribution in [0.1, 0.15) is 27.2 Å². The fourth-order valence-electron chi connectivity index (χ4n) is 3.34. The van der Waals surface area contributed by atoms with Gasteiger partial charge in [0.1, 0.15) is 0 Å². The van der Waals surface area contributed by atoms with Gasteiger partial charge >= 0.3 is 0 Å². The van der Waals surface area contributed by atoms with Crippen molar-refractivity contribution < 1.29 is 18.0 Å². The maximum Gasteiger partial charge on any atom is 0.239 e. The van der Waals surface area contributed by atoms with Crippen molar-refractivity contribution in [2.45, 2.75) is 38.5 Å². The zero-order chi connectivity index (χ0) is 17.9. The molecule has 9 heteroatoms. The van der Waals surface area contributed by atoms with Crippen LogP contribution in [0.15, 0.2) is 0 Å². The van der Waals surface area contributed by atoms with Gasteiger partial charge in [-0.2, -0.15) is 0 Å². The van der Waals surface area contributed by atoms with Crippen LogP contribution in [0.25, 0.3) is 0 Å². The number of carbonyl (C=O) groups excluding carboxylic acids is 2. The van der Waals surface area contributed by atoms with Gasteiger partial charge in [0.25, 0.3) is 0 Å². The van der Waals surface area contributed by atoms with E-state index in [1.165, 1.54) is 6.92 Å². The lowest BCUT2D eigenvalue weighted by molar-refractivity contribution is -0.141. The molecule has 0 aromatic rings. The van der Waals surface area contributed by atoms with Gasteiger partial charge in [0.2, 0.25) is 21.8 Å². The molecule has 2 aliphatic heterocycles. The number of piperazine rings is 1. The van der Waals surface area contributed by atoms with Gasteiger partial charge in [-0.3, -0.25) is 14.5 Å². The third kappa shape index (κ3) is 4.25. The van der Waals surface area contributed by atoms with Crippen LogP contribution in [0.3, 0.4) is 0 Å². The summed E-state index contributed by atoms with van der Waals surface area (Å²) in [7, 11) is -3.30. The van der Waals surface area contributed by atoms with Crippen LogP contribution in [-0.4, -0.2) is 92.0 Å². The molecule has 0 bridgehead atoms. The quantitative estimate of drug-likeness (QED) is 0.685. The molecular weight excluding hydrogens is 332 g/mol. The van der Waals surface area contributed by atoms with E-state index >= 15 is 0 Å². The number of sulfonamides is 1. The minimum absolute atomic E-state index is 0.0136. The Bertz CT molecular complexity index is 572. The zero-order valence-corrected chi connectivity index (χ0v) is 15.5. The molecule has 0 radical (unpaired) electrons. The van der Waals surface area contributed by atoms with Crippen molar-refractivity contribution in [3.05, 3.63) is 0 Å². The normalized spacial score (nSPS) is 24.2. The Balaban J connectivity index is 1.89. The molecule has 138 valence electrons. The molecule has 2 heterocycles. The average Bonchev–Trinajstić information content (AvgIpc) is 3.04. The predicted molar refractivity (Wildman–Crippen MR) is 90.9 cm³/mol. The number of carbonyl (C=O) groups is 2. The summed E-state index contributed by atoms with van der Waals surface area (Å²) in [4.78, 5) is 29.5. The zero-order valence-electron chi connectivity index (χ0n) is 14.7. The first-order valence-corrected chi connectivity index (χ1v) is 10.1. The van der Waals surface area contributed by atoms with E-state index in [2.05, 4.69) is 4.72 Å². The molecule has 1 N–H and O–H groups in total. The second-order valence-corrected chi connectivity index (χ2v) is 8.50.